The van der Waals surface area contributed by atoms with E-state index >= 15 is 0 Å². The summed E-state index contributed by atoms with van der Waals surface area (Å²) in [5.41, 5.74) is 5.88. The Morgan fingerprint density at radius 1 is 1.12 bits per heavy atom. The Kier molecular flexibility index (Phi) is 2.25. The average molecular weight is 239 g/mol. The van der Waals surface area contributed by atoms with Crippen molar-refractivity contribution in [2.24, 2.45) is 0 Å². The normalized spacial score (nSPS) is 11.8. The third-order valence-corrected chi connectivity index (χ3v) is 3.21. The van der Waals surface area contributed by atoms with Crippen molar-refractivity contribution in [1.29, 1.82) is 0 Å². The van der Waals surface area contributed by atoms with E-state index in [1.807, 2.05) is 0 Å². The maximum atomic E-state index is 11.1. The Morgan fingerprint density at radius 2 is 1.69 bits per heavy atom. The smallest absolute Gasteiger partial charge is 0.298 e. The van der Waals surface area contributed by atoms with Crippen LogP contribution in [0.3, 0.4) is 0 Å². The number of hydrogen-bond donors (Lipinski definition) is 3. The molecular formula is C10H9NO4S. The molecule has 0 heterocycles. The zero-order valence-corrected chi connectivity index (χ0v) is 8.90. The number of phenols is 1. The third kappa shape index (κ3) is 1.58. The van der Waals surface area contributed by atoms with Gasteiger partial charge in [0.15, 0.2) is 0 Å². The van der Waals surface area contributed by atoms with Crippen molar-refractivity contribution in [3.8, 4) is 5.75 Å². The molecule has 4 N–H and O–H groups in total. The molecule has 5 nitrogen and oxygen atoms in total. The van der Waals surface area contributed by atoms with E-state index in [9.17, 15) is 13.5 Å². The molecule has 0 aliphatic rings. The second-order valence-corrected chi connectivity index (χ2v) is 4.69. The maximum absolute atomic E-state index is 11.1. The van der Waals surface area contributed by atoms with Gasteiger partial charge in [-0.05, 0) is 0 Å². The summed E-state index contributed by atoms with van der Waals surface area (Å²) in [6.07, 6.45) is 0. The molecule has 0 saturated carbocycles. The number of nitrogens with two attached hydrogens (primary N) is 1. The summed E-state index contributed by atoms with van der Waals surface area (Å²) in [5.74, 6) is -0.557. The predicted octanol–water partition coefficient (Wildman–Crippen LogP) is 1.37. The Balaban J connectivity index is 3.05. The number of benzene rings is 2. The van der Waals surface area contributed by atoms with Crippen LogP contribution in [0, 0.1) is 0 Å². The summed E-state index contributed by atoms with van der Waals surface area (Å²) in [6.45, 7) is 0. The van der Waals surface area contributed by atoms with E-state index in [0.29, 0.717) is 5.39 Å². The molecule has 0 aliphatic heterocycles. The molecule has 0 bridgehead atoms. The number of rotatable bonds is 1. The summed E-state index contributed by atoms with van der Waals surface area (Å²) in [5, 5.41) is 10.2. The Hall–Kier alpha value is -1.79. The van der Waals surface area contributed by atoms with Crippen LogP contribution < -0.4 is 5.73 Å². The number of fused-ring (bicyclic) bond motifs is 1. The molecule has 2 rings (SSSR count). The van der Waals surface area contributed by atoms with E-state index in [1.165, 1.54) is 6.07 Å². The summed E-state index contributed by atoms with van der Waals surface area (Å²) >= 11 is 0. The molecule has 0 unspecified atom stereocenters. The highest BCUT2D eigenvalue weighted by molar-refractivity contribution is 7.86. The number of anilines is 1. The third-order valence-electron chi connectivity index (χ3n) is 2.27. The van der Waals surface area contributed by atoms with Gasteiger partial charge in [-0.2, -0.15) is 8.42 Å². The highest BCUT2D eigenvalue weighted by Gasteiger charge is 2.20. The highest BCUT2D eigenvalue weighted by Crippen LogP contribution is 2.34. The SMILES string of the molecule is Nc1cc(O)c(S(=O)(=O)O)c2ccccc12. The van der Waals surface area contributed by atoms with Gasteiger partial charge in [-0.25, -0.2) is 0 Å². The van der Waals surface area contributed by atoms with Gasteiger partial charge < -0.3 is 10.8 Å². The van der Waals surface area contributed by atoms with E-state index in [-0.39, 0.29) is 11.1 Å². The first-order valence-corrected chi connectivity index (χ1v) is 5.83. The topological polar surface area (TPSA) is 101 Å². The fraction of sp³-hybridized carbons (Fsp3) is 0. The quantitative estimate of drug-likeness (QED) is 0.515. The van der Waals surface area contributed by atoms with Gasteiger partial charge >= 0.3 is 0 Å². The minimum Gasteiger partial charge on any atom is -0.506 e. The second kappa shape index (κ2) is 3.36. The van der Waals surface area contributed by atoms with Crippen LogP contribution in [0.1, 0.15) is 0 Å². The molecule has 0 amide bonds. The zero-order valence-electron chi connectivity index (χ0n) is 8.08. The van der Waals surface area contributed by atoms with Crippen molar-refractivity contribution < 1.29 is 18.1 Å². The molecule has 0 aliphatic carbocycles. The minimum atomic E-state index is -4.48. The molecule has 0 radical (unpaired) electrons. The van der Waals surface area contributed by atoms with E-state index in [0.717, 1.165) is 6.07 Å². The van der Waals surface area contributed by atoms with Gasteiger partial charge in [-0.1, -0.05) is 24.3 Å². The number of aromatic hydroxyl groups is 1. The van der Waals surface area contributed by atoms with E-state index in [1.54, 1.807) is 18.2 Å². The summed E-state index contributed by atoms with van der Waals surface area (Å²) < 4.78 is 31.3. The first-order valence-electron chi connectivity index (χ1n) is 4.39. The van der Waals surface area contributed by atoms with Crippen LogP contribution in [0.25, 0.3) is 10.8 Å². The van der Waals surface area contributed by atoms with Crippen LogP contribution in [0.5, 0.6) is 5.75 Å². The molecule has 2 aromatic carbocycles. The predicted molar refractivity (Wildman–Crippen MR) is 59.8 cm³/mol. The maximum Gasteiger partial charge on any atom is 0.298 e. The Morgan fingerprint density at radius 3 is 2.25 bits per heavy atom. The molecule has 84 valence electrons. The van der Waals surface area contributed by atoms with Crippen molar-refractivity contribution in [2.45, 2.75) is 4.90 Å². The molecule has 0 spiro atoms. The zero-order chi connectivity index (χ0) is 11.9. The van der Waals surface area contributed by atoms with Crippen molar-refractivity contribution in [1.82, 2.24) is 0 Å². The van der Waals surface area contributed by atoms with Gasteiger partial charge in [0.25, 0.3) is 10.1 Å². The molecule has 16 heavy (non-hydrogen) atoms. The van der Waals surface area contributed by atoms with E-state index in [4.69, 9.17) is 10.3 Å². The van der Waals surface area contributed by atoms with Crippen LogP contribution >= 0.6 is 0 Å². The summed E-state index contributed by atoms with van der Waals surface area (Å²) in [4.78, 5) is -0.516. The number of nitrogen functional groups attached to an aromatic ring is 1. The van der Waals surface area contributed by atoms with E-state index in [2.05, 4.69) is 0 Å². The van der Waals surface area contributed by atoms with Crippen molar-refractivity contribution >= 4 is 26.6 Å². The van der Waals surface area contributed by atoms with Gasteiger partial charge in [0.05, 0.1) is 0 Å². The lowest BCUT2D eigenvalue weighted by Crippen LogP contribution is -2.01. The second-order valence-electron chi connectivity index (χ2n) is 3.33. The minimum absolute atomic E-state index is 0.197. The lowest BCUT2D eigenvalue weighted by atomic mass is 10.1. The first-order chi connectivity index (χ1) is 7.41. The molecule has 0 atom stereocenters. The van der Waals surface area contributed by atoms with Gasteiger partial charge in [0.2, 0.25) is 0 Å². The number of hydrogen-bond acceptors (Lipinski definition) is 4. The molecule has 6 heteroatoms. The molecule has 2 aromatic rings. The number of phenolic OH excluding ortho intramolecular Hbond substituents is 1. The summed E-state index contributed by atoms with van der Waals surface area (Å²) in [6, 6.07) is 7.46. The van der Waals surface area contributed by atoms with Crippen molar-refractivity contribution in [3.63, 3.8) is 0 Å². The van der Waals surface area contributed by atoms with Crippen LogP contribution in [-0.4, -0.2) is 18.1 Å². The molecular weight excluding hydrogens is 230 g/mol. The lowest BCUT2D eigenvalue weighted by Gasteiger charge is -2.08. The first kappa shape index (κ1) is 10.7. The van der Waals surface area contributed by atoms with Crippen LogP contribution in [0.2, 0.25) is 0 Å². The van der Waals surface area contributed by atoms with Crippen LogP contribution in [0.4, 0.5) is 5.69 Å². The Labute approximate surface area is 91.9 Å². The van der Waals surface area contributed by atoms with E-state index < -0.39 is 20.8 Å². The Bertz CT molecular complexity index is 664. The highest BCUT2D eigenvalue weighted by atomic mass is 32.2. The van der Waals surface area contributed by atoms with Gasteiger partial charge in [0.1, 0.15) is 10.6 Å². The average Bonchev–Trinajstić information content (AvgIpc) is 2.15. The largest absolute Gasteiger partial charge is 0.506 e. The fourth-order valence-electron chi connectivity index (χ4n) is 1.63. The van der Waals surface area contributed by atoms with Crippen LogP contribution in [-0.2, 0) is 10.1 Å². The lowest BCUT2D eigenvalue weighted by molar-refractivity contribution is 0.446. The molecule has 0 aromatic heterocycles. The summed E-state index contributed by atoms with van der Waals surface area (Å²) in [7, 11) is -4.48. The van der Waals surface area contributed by atoms with Crippen LogP contribution in [0.15, 0.2) is 35.2 Å². The fourth-order valence-corrected chi connectivity index (χ4v) is 2.41. The van der Waals surface area contributed by atoms with Gasteiger partial charge in [-0.3, -0.25) is 4.55 Å². The molecule has 0 saturated heterocycles. The van der Waals surface area contributed by atoms with Gasteiger partial charge in [0, 0.05) is 22.5 Å². The monoisotopic (exact) mass is 239 g/mol. The van der Waals surface area contributed by atoms with Gasteiger partial charge in [-0.15, -0.1) is 0 Å². The van der Waals surface area contributed by atoms with Crippen molar-refractivity contribution in [3.05, 3.63) is 30.3 Å². The van der Waals surface area contributed by atoms with Crippen molar-refractivity contribution in [2.75, 3.05) is 5.73 Å². The standard InChI is InChI=1S/C10H9NO4S/c11-8-5-9(12)10(16(13,14)15)7-4-2-1-3-6(7)8/h1-5,12H,11H2,(H,13,14,15). The molecule has 0 fully saturated rings.